The van der Waals surface area contributed by atoms with E-state index in [1.54, 1.807) is 6.92 Å². The van der Waals surface area contributed by atoms with E-state index in [-0.39, 0.29) is 5.12 Å². The summed E-state index contributed by atoms with van der Waals surface area (Å²) in [5.74, 6) is 2.02. The van der Waals surface area contributed by atoms with E-state index < -0.39 is 0 Å². The standard InChI is InChI=1S/C13H16BrNOS/c1-9(16)17-8-11-6-15-7-13(11)10-2-4-12(14)5-3-10/h2-5,11,13,15H,6-8H2,1H3. The van der Waals surface area contributed by atoms with E-state index in [9.17, 15) is 4.79 Å². The molecule has 0 bridgehead atoms. The fourth-order valence-corrected chi connectivity index (χ4v) is 3.30. The molecule has 17 heavy (non-hydrogen) atoms. The molecule has 92 valence electrons. The van der Waals surface area contributed by atoms with Gasteiger partial charge in [0, 0.05) is 29.6 Å². The van der Waals surface area contributed by atoms with E-state index in [4.69, 9.17) is 0 Å². The molecule has 1 aromatic carbocycles. The Morgan fingerprint density at radius 2 is 2.12 bits per heavy atom. The molecular weight excluding hydrogens is 298 g/mol. The van der Waals surface area contributed by atoms with Gasteiger partial charge in [-0.15, -0.1) is 0 Å². The third-order valence-electron chi connectivity index (χ3n) is 3.14. The molecule has 0 amide bonds. The van der Waals surface area contributed by atoms with Gasteiger partial charge < -0.3 is 5.32 Å². The van der Waals surface area contributed by atoms with Gasteiger partial charge in [-0.2, -0.15) is 0 Å². The highest BCUT2D eigenvalue weighted by Gasteiger charge is 2.28. The van der Waals surface area contributed by atoms with Crippen LogP contribution in [-0.2, 0) is 4.79 Å². The first-order chi connectivity index (χ1) is 8.16. The van der Waals surface area contributed by atoms with Gasteiger partial charge in [-0.25, -0.2) is 0 Å². The molecule has 0 radical (unpaired) electrons. The van der Waals surface area contributed by atoms with Crippen molar-refractivity contribution in [2.24, 2.45) is 5.92 Å². The summed E-state index contributed by atoms with van der Waals surface area (Å²) < 4.78 is 1.11. The smallest absolute Gasteiger partial charge is 0.185 e. The predicted octanol–water partition coefficient (Wildman–Crippen LogP) is 3.03. The molecular formula is C13H16BrNOS. The molecule has 1 fully saturated rings. The van der Waals surface area contributed by atoms with Gasteiger partial charge in [0.2, 0.25) is 0 Å². The number of benzene rings is 1. The van der Waals surface area contributed by atoms with Crippen LogP contribution in [0.2, 0.25) is 0 Å². The van der Waals surface area contributed by atoms with Crippen LogP contribution in [0.15, 0.2) is 28.7 Å². The Morgan fingerprint density at radius 1 is 1.41 bits per heavy atom. The molecule has 1 N–H and O–H groups in total. The van der Waals surface area contributed by atoms with E-state index in [0.717, 1.165) is 23.3 Å². The molecule has 2 atom stereocenters. The Kier molecular flexibility index (Phi) is 4.65. The zero-order valence-corrected chi connectivity index (χ0v) is 12.2. The topological polar surface area (TPSA) is 29.1 Å². The van der Waals surface area contributed by atoms with Crippen LogP contribution in [0.4, 0.5) is 0 Å². The maximum Gasteiger partial charge on any atom is 0.185 e. The van der Waals surface area contributed by atoms with Crippen LogP contribution >= 0.6 is 27.7 Å². The summed E-state index contributed by atoms with van der Waals surface area (Å²) in [6.45, 7) is 3.67. The van der Waals surface area contributed by atoms with Gasteiger partial charge in [-0.05, 0) is 30.2 Å². The van der Waals surface area contributed by atoms with Crippen molar-refractivity contribution in [3.8, 4) is 0 Å². The summed E-state index contributed by atoms with van der Waals surface area (Å²) in [6.07, 6.45) is 0. The molecule has 1 aliphatic heterocycles. The lowest BCUT2D eigenvalue weighted by molar-refractivity contribution is -0.109. The molecule has 2 rings (SSSR count). The van der Waals surface area contributed by atoms with Crippen molar-refractivity contribution in [2.75, 3.05) is 18.8 Å². The van der Waals surface area contributed by atoms with Gasteiger partial charge in [0.1, 0.15) is 0 Å². The second-order valence-corrected chi connectivity index (χ2v) is 6.49. The number of hydrogen-bond donors (Lipinski definition) is 1. The van der Waals surface area contributed by atoms with Gasteiger partial charge in [-0.1, -0.05) is 39.8 Å². The van der Waals surface area contributed by atoms with Crippen molar-refractivity contribution in [2.45, 2.75) is 12.8 Å². The van der Waals surface area contributed by atoms with Crippen LogP contribution in [0.5, 0.6) is 0 Å². The number of carbonyl (C=O) groups is 1. The van der Waals surface area contributed by atoms with Crippen molar-refractivity contribution >= 4 is 32.8 Å². The van der Waals surface area contributed by atoms with Gasteiger partial charge in [0.05, 0.1) is 0 Å². The van der Waals surface area contributed by atoms with Crippen molar-refractivity contribution in [3.63, 3.8) is 0 Å². The molecule has 4 heteroatoms. The van der Waals surface area contributed by atoms with Crippen LogP contribution < -0.4 is 5.32 Å². The fraction of sp³-hybridized carbons (Fsp3) is 0.462. The minimum atomic E-state index is 0.214. The maximum atomic E-state index is 11.0. The summed E-state index contributed by atoms with van der Waals surface area (Å²) in [6, 6.07) is 8.52. The summed E-state index contributed by atoms with van der Waals surface area (Å²) in [7, 11) is 0. The largest absolute Gasteiger partial charge is 0.316 e. The van der Waals surface area contributed by atoms with Crippen LogP contribution in [0.25, 0.3) is 0 Å². The molecule has 2 unspecified atom stereocenters. The number of rotatable bonds is 3. The van der Waals surface area contributed by atoms with Gasteiger partial charge in [0.15, 0.2) is 5.12 Å². The zero-order valence-electron chi connectivity index (χ0n) is 9.78. The second kappa shape index (κ2) is 6.03. The molecule has 0 saturated carbocycles. The van der Waals surface area contributed by atoms with Crippen LogP contribution in [0, 0.1) is 5.92 Å². The Labute approximate surface area is 115 Å². The van der Waals surface area contributed by atoms with Gasteiger partial charge in [-0.3, -0.25) is 4.79 Å². The first-order valence-corrected chi connectivity index (χ1v) is 7.54. The Hall–Kier alpha value is -0.320. The molecule has 0 aliphatic carbocycles. The number of carbonyl (C=O) groups excluding carboxylic acids is 1. The summed E-state index contributed by atoms with van der Waals surface area (Å²) in [5.41, 5.74) is 1.37. The Morgan fingerprint density at radius 3 is 2.76 bits per heavy atom. The average molecular weight is 314 g/mol. The van der Waals surface area contributed by atoms with Crippen LogP contribution in [-0.4, -0.2) is 24.0 Å². The van der Waals surface area contributed by atoms with E-state index >= 15 is 0 Å². The minimum Gasteiger partial charge on any atom is -0.316 e. The Bertz CT molecular complexity index is 393. The van der Waals surface area contributed by atoms with Crippen molar-refractivity contribution in [3.05, 3.63) is 34.3 Å². The molecule has 1 saturated heterocycles. The van der Waals surface area contributed by atoms with E-state index in [0.29, 0.717) is 11.8 Å². The quantitative estimate of drug-likeness (QED) is 0.930. The van der Waals surface area contributed by atoms with E-state index in [1.807, 2.05) is 0 Å². The number of halogens is 1. The molecule has 0 spiro atoms. The lowest BCUT2D eigenvalue weighted by Crippen LogP contribution is -2.14. The molecule has 1 heterocycles. The molecule has 1 aliphatic rings. The third kappa shape index (κ3) is 3.57. The first kappa shape index (κ1) is 13.1. The third-order valence-corrected chi connectivity index (χ3v) is 4.67. The van der Waals surface area contributed by atoms with Gasteiger partial charge >= 0.3 is 0 Å². The lowest BCUT2D eigenvalue weighted by Gasteiger charge is -2.18. The first-order valence-electron chi connectivity index (χ1n) is 5.76. The summed E-state index contributed by atoms with van der Waals surface area (Å²) >= 11 is 4.90. The Balaban J connectivity index is 2.03. The number of nitrogens with one attached hydrogen (secondary N) is 1. The lowest BCUT2D eigenvalue weighted by atomic mass is 9.90. The normalized spacial score (nSPS) is 23.9. The van der Waals surface area contributed by atoms with E-state index in [1.165, 1.54) is 17.3 Å². The summed E-state index contributed by atoms with van der Waals surface area (Å²) in [4.78, 5) is 11.0. The van der Waals surface area contributed by atoms with Gasteiger partial charge in [0.25, 0.3) is 0 Å². The van der Waals surface area contributed by atoms with Crippen molar-refractivity contribution < 1.29 is 4.79 Å². The number of thioether (sulfide) groups is 1. The minimum absolute atomic E-state index is 0.214. The fourth-order valence-electron chi connectivity index (χ4n) is 2.23. The van der Waals surface area contributed by atoms with Crippen LogP contribution in [0.1, 0.15) is 18.4 Å². The summed E-state index contributed by atoms with van der Waals surface area (Å²) in [5, 5.41) is 3.64. The second-order valence-electron chi connectivity index (χ2n) is 4.38. The molecule has 2 nitrogen and oxygen atoms in total. The highest BCUT2D eigenvalue weighted by atomic mass is 79.9. The average Bonchev–Trinajstić information content (AvgIpc) is 2.75. The van der Waals surface area contributed by atoms with Crippen molar-refractivity contribution in [1.29, 1.82) is 0 Å². The highest BCUT2D eigenvalue weighted by Crippen LogP contribution is 2.31. The highest BCUT2D eigenvalue weighted by molar-refractivity contribution is 9.10. The maximum absolute atomic E-state index is 11.0. The SMILES string of the molecule is CC(=O)SCC1CNCC1c1ccc(Br)cc1. The predicted molar refractivity (Wildman–Crippen MR) is 76.4 cm³/mol. The van der Waals surface area contributed by atoms with E-state index in [2.05, 4.69) is 45.5 Å². The number of hydrogen-bond acceptors (Lipinski definition) is 3. The van der Waals surface area contributed by atoms with Crippen molar-refractivity contribution in [1.82, 2.24) is 5.32 Å². The molecule has 1 aromatic rings. The molecule has 0 aromatic heterocycles. The zero-order chi connectivity index (χ0) is 12.3. The van der Waals surface area contributed by atoms with Crippen LogP contribution in [0.3, 0.4) is 0 Å². The monoisotopic (exact) mass is 313 g/mol.